The van der Waals surface area contributed by atoms with Crippen molar-refractivity contribution in [3.63, 3.8) is 0 Å². The predicted octanol–water partition coefficient (Wildman–Crippen LogP) is 3.55. The van der Waals surface area contributed by atoms with Gasteiger partial charge in [0, 0.05) is 12.1 Å². The highest BCUT2D eigenvalue weighted by Crippen LogP contribution is 2.40. The number of nitrogens with two attached hydrogens (primary N) is 1. The van der Waals surface area contributed by atoms with E-state index >= 15 is 0 Å². The minimum atomic E-state index is -0.500. The molecule has 2 aliphatic carbocycles. The predicted molar refractivity (Wildman–Crippen MR) is 98.8 cm³/mol. The topological polar surface area (TPSA) is 55.1 Å². The van der Waals surface area contributed by atoms with E-state index in [-0.39, 0.29) is 5.91 Å². The molecule has 3 nitrogen and oxygen atoms in total. The van der Waals surface area contributed by atoms with E-state index in [4.69, 9.17) is 5.73 Å². The highest BCUT2D eigenvalue weighted by Gasteiger charge is 2.42. The van der Waals surface area contributed by atoms with Crippen molar-refractivity contribution in [2.45, 2.75) is 76.8 Å². The molecule has 3 N–H and O–H groups in total. The van der Waals surface area contributed by atoms with Gasteiger partial charge in [0.1, 0.15) is 0 Å². The van der Waals surface area contributed by atoms with Crippen molar-refractivity contribution in [1.29, 1.82) is 0 Å². The third-order valence-corrected chi connectivity index (χ3v) is 6.33. The summed E-state index contributed by atoms with van der Waals surface area (Å²) in [6.45, 7) is 6.22. The molecule has 2 bridgehead atoms. The molecule has 0 radical (unpaired) electrons. The van der Waals surface area contributed by atoms with Gasteiger partial charge in [-0.15, -0.1) is 0 Å². The zero-order chi connectivity index (χ0) is 17.3. The lowest BCUT2D eigenvalue weighted by molar-refractivity contribution is -0.128. The Kier molecular flexibility index (Phi) is 5.00. The zero-order valence-corrected chi connectivity index (χ0v) is 15.3. The van der Waals surface area contributed by atoms with Crippen molar-refractivity contribution >= 4 is 5.91 Å². The number of benzene rings is 1. The van der Waals surface area contributed by atoms with Gasteiger partial charge in [0.05, 0.1) is 5.41 Å². The highest BCUT2D eigenvalue weighted by atomic mass is 16.2. The number of carbonyl (C=O) groups excluding carboxylic acids is 1. The summed E-state index contributed by atoms with van der Waals surface area (Å²) in [6, 6.07) is 9.13. The first-order chi connectivity index (χ1) is 11.4. The van der Waals surface area contributed by atoms with Gasteiger partial charge in [-0.2, -0.15) is 0 Å². The molecule has 132 valence electrons. The van der Waals surface area contributed by atoms with E-state index in [0.29, 0.717) is 23.9 Å². The molecule has 24 heavy (non-hydrogen) atoms. The van der Waals surface area contributed by atoms with Crippen LogP contribution in [0, 0.1) is 11.8 Å². The molecule has 3 heteroatoms. The fraction of sp³-hybridized carbons (Fsp3) is 0.667. The van der Waals surface area contributed by atoms with Gasteiger partial charge in [0.25, 0.3) is 0 Å². The van der Waals surface area contributed by atoms with Crippen LogP contribution in [0.3, 0.4) is 0 Å². The third kappa shape index (κ3) is 3.37. The Hall–Kier alpha value is -1.35. The normalized spacial score (nSPS) is 30.0. The number of carbonyl (C=O) groups is 1. The Labute approximate surface area is 146 Å². The number of amides is 1. The van der Waals surface area contributed by atoms with Crippen molar-refractivity contribution in [2.24, 2.45) is 17.6 Å². The largest absolute Gasteiger partial charge is 0.352 e. The summed E-state index contributed by atoms with van der Waals surface area (Å²) in [5.41, 5.74) is 8.11. The summed E-state index contributed by atoms with van der Waals surface area (Å²) >= 11 is 0. The molecule has 2 aliphatic rings. The maximum absolute atomic E-state index is 13.1. The number of rotatable bonds is 4. The first kappa shape index (κ1) is 17.5. The van der Waals surface area contributed by atoms with Crippen molar-refractivity contribution in [3.05, 3.63) is 35.4 Å². The van der Waals surface area contributed by atoms with E-state index in [2.05, 4.69) is 36.5 Å². The van der Waals surface area contributed by atoms with Crippen LogP contribution in [0.2, 0.25) is 0 Å². The molecule has 0 spiro atoms. The van der Waals surface area contributed by atoms with E-state index in [1.807, 2.05) is 13.8 Å². The average molecular weight is 329 g/mol. The Morgan fingerprint density at radius 2 is 1.75 bits per heavy atom. The quantitative estimate of drug-likeness (QED) is 0.888. The second kappa shape index (κ2) is 6.87. The second-order valence-corrected chi connectivity index (χ2v) is 8.36. The van der Waals surface area contributed by atoms with Gasteiger partial charge in [-0.25, -0.2) is 0 Å². The van der Waals surface area contributed by atoms with Gasteiger partial charge >= 0.3 is 0 Å². The first-order valence-electron chi connectivity index (χ1n) is 9.57. The molecule has 2 atom stereocenters. The molecule has 0 aromatic heterocycles. The van der Waals surface area contributed by atoms with Gasteiger partial charge in [-0.05, 0) is 68.9 Å². The van der Waals surface area contributed by atoms with Crippen LogP contribution in [0.4, 0.5) is 0 Å². The number of hydrogen-bond donors (Lipinski definition) is 2. The summed E-state index contributed by atoms with van der Waals surface area (Å²) in [5, 5.41) is 3.41. The van der Waals surface area contributed by atoms with Crippen molar-refractivity contribution < 1.29 is 4.79 Å². The number of nitrogens with one attached hydrogen (secondary N) is 1. The van der Waals surface area contributed by atoms with Crippen LogP contribution in [0.15, 0.2) is 24.3 Å². The fourth-order valence-electron chi connectivity index (χ4n) is 4.64. The standard InChI is InChI=1S/C21H32N2O/c1-4-14-8-10-17(11-9-14)21(2,3)20(24)23-19-15-6-5-7-16(19)13-18(22)12-15/h8-11,15-16,18-19H,4-7,12-13,22H2,1-3H3,(H,23,24). The second-order valence-electron chi connectivity index (χ2n) is 8.36. The molecule has 1 aromatic rings. The van der Waals surface area contributed by atoms with Crippen LogP contribution < -0.4 is 11.1 Å². The Balaban J connectivity index is 1.73. The highest BCUT2D eigenvalue weighted by molar-refractivity contribution is 5.87. The molecule has 0 aliphatic heterocycles. The summed E-state index contributed by atoms with van der Waals surface area (Å²) in [5.74, 6) is 1.29. The summed E-state index contributed by atoms with van der Waals surface area (Å²) in [6.07, 6.45) is 6.86. The van der Waals surface area contributed by atoms with E-state index in [9.17, 15) is 4.79 Å². The molecule has 0 saturated heterocycles. The van der Waals surface area contributed by atoms with Crippen LogP contribution >= 0.6 is 0 Å². The molecule has 1 amide bonds. The lowest BCUT2D eigenvalue weighted by atomic mass is 9.66. The number of aryl methyl sites for hydroxylation is 1. The monoisotopic (exact) mass is 328 g/mol. The Bertz CT molecular complexity index is 564. The molecular weight excluding hydrogens is 296 g/mol. The van der Waals surface area contributed by atoms with Crippen LogP contribution in [0.1, 0.15) is 64.0 Å². The van der Waals surface area contributed by atoms with Crippen molar-refractivity contribution in [3.8, 4) is 0 Å². The molecule has 2 unspecified atom stereocenters. The SMILES string of the molecule is CCc1ccc(C(C)(C)C(=O)NC2C3CCCC2CC(N)C3)cc1. The molecule has 0 heterocycles. The summed E-state index contributed by atoms with van der Waals surface area (Å²) in [7, 11) is 0. The Morgan fingerprint density at radius 1 is 1.17 bits per heavy atom. The van der Waals surface area contributed by atoms with E-state index < -0.39 is 5.41 Å². The van der Waals surface area contributed by atoms with Crippen LogP contribution in [0.5, 0.6) is 0 Å². The minimum Gasteiger partial charge on any atom is -0.352 e. The number of fused-ring (bicyclic) bond motifs is 2. The summed E-state index contributed by atoms with van der Waals surface area (Å²) < 4.78 is 0. The Morgan fingerprint density at radius 3 is 2.29 bits per heavy atom. The molecule has 2 fully saturated rings. The molecule has 2 saturated carbocycles. The molecular formula is C21H32N2O. The average Bonchev–Trinajstić information content (AvgIpc) is 2.55. The maximum atomic E-state index is 13.1. The zero-order valence-electron chi connectivity index (χ0n) is 15.3. The van der Waals surface area contributed by atoms with Gasteiger partial charge < -0.3 is 11.1 Å². The van der Waals surface area contributed by atoms with Gasteiger partial charge in [-0.3, -0.25) is 4.79 Å². The van der Waals surface area contributed by atoms with Gasteiger partial charge in [0.15, 0.2) is 0 Å². The van der Waals surface area contributed by atoms with E-state index in [0.717, 1.165) is 24.8 Å². The van der Waals surface area contributed by atoms with Crippen LogP contribution in [0.25, 0.3) is 0 Å². The third-order valence-electron chi connectivity index (χ3n) is 6.33. The lowest BCUT2D eigenvalue weighted by Gasteiger charge is -2.46. The van der Waals surface area contributed by atoms with Crippen molar-refractivity contribution in [2.75, 3.05) is 0 Å². The fourth-order valence-corrected chi connectivity index (χ4v) is 4.64. The lowest BCUT2D eigenvalue weighted by Crippen LogP contribution is -2.56. The van der Waals surface area contributed by atoms with Crippen LogP contribution in [-0.4, -0.2) is 18.0 Å². The molecule has 1 aromatic carbocycles. The smallest absolute Gasteiger partial charge is 0.230 e. The summed E-state index contributed by atoms with van der Waals surface area (Å²) in [4.78, 5) is 13.1. The van der Waals surface area contributed by atoms with E-state index in [1.165, 1.54) is 24.8 Å². The van der Waals surface area contributed by atoms with Crippen LogP contribution in [-0.2, 0) is 16.6 Å². The van der Waals surface area contributed by atoms with E-state index in [1.54, 1.807) is 0 Å². The van der Waals surface area contributed by atoms with Crippen molar-refractivity contribution in [1.82, 2.24) is 5.32 Å². The minimum absolute atomic E-state index is 0.157. The van der Waals surface area contributed by atoms with Gasteiger partial charge in [-0.1, -0.05) is 37.6 Å². The maximum Gasteiger partial charge on any atom is 0.230 e. The first-order valence-corrected chi connectivity index (χ1v) is 9.57. The van der Waals surface area contributed by atoms with Gasteiger partial charge in [0.2, 0.25) is 5.91 Å². The molecule has 3 rings (SSSR count). The number of hydrogen-bond acceptors (Lipinski definition) is 2.